The number of hydrogen-bond acceptors (Lipinski definition) is 4. The maximum atomic E-state index is 13.0. The zero-order chi connectivity index (χ0) is 17.0. The van der Waals surface area contributed by atoms with Crippen LogP contribution in [0.25, 0.3) is 5.65 Å². The zero-order valence-electron chi connectivity index (χ0n) is 12.6. The molecule has 7 heteroatoms. The minimum atomic E-state index is -0.574. The summed E-state index contributed by atoms with van der Waals surface area (Å²) in [5.41, 5.74) is 0.813. The molecule has 3 aromatic rings. The molecule has 4 rings (SSSR count). The van der Waals surface area contributed by atoms with Crippen LogP contribution in [0, 0.1) is 16.7 Å². The molecule has 2 aromatic heterocycles. The molecule has 116 valence electrons. The molecule has 7 nitrogen and oxygen atoms in total. The SMILES string of the molecule is Cn1ccn2c(=N)c(C#N)c3c(c12)C(=O)N(c1ccccc1)C3=O. The Morgan fingerprint density at radius 2 is 1.71 bits per heavy atom. The van der Waals surface area contributed by atoms with Crippen molar-refractivity contribution in [2.24, 2.45) is 7.05 Å². The number of nitrogens with zero attached hydrogens (tertiary/aromatic N) is 4. The molecule has 3 heterocycles. The van der Waals surface area contributed by atoms with E-state index in [0.717, 1.165) is 4.90 Å². The van der Waals surface area contributed by atoms with Crippen LogP contribution in [0.2, 0.25) is 0 Å². The monoisotopic (exact) mass is 317 g/mol. The average molecular weight is 317 g/mol. The third-order valence-corrected chi connectivity index (χ3v) is 4.16. The third kappa shape index (κ3) is 1.57. The van der Waals surface area contributed by atoms with Gasteiger partial charge in [0.25, 0.3) is 11.8 Å². The van der Waals surface area contributed by atoms with Crippen LogP contribution in [0.3, 0.4) is 0 Å². The van der Waals surface area contributed by atoms with Crippen molar-refractivity contribution in [3.63, 3.8) is 0 Å². The van der Waals surface area contributed by atoms with Crippen LogP contribution >= 0.6 is 0 Å². The van der Waals surface area contributed by atoms with Crippen molar-refractivity contribution in [1.29, 1.82) is 10.7 Å². The van der Waals surface area contributed by atoms with E-state index in [9.17, 15) is 14.9 Å². The van der Waals surface area contributed by atoms with Gasteiger partial charge in [0.05, 0.1) is 16.8 Å². The van der Waals surface area contributed by atoms with E-state index in [0.29, 0.717) is 11.3 Å². The molecule has 0 saturated carbocycles. The molecule has 0 spiro atoms. The lowest BCUT2D eigenvalue weighted by Crippen LogP contribution is -2.29. The normalized spacial score (nSPS) is 13.4. The highest BCUT2D eigenvalue weighted by Gasteiger charge is 2.42. The lowest BCUT2D eigenvalue weighted by Gasteiger charge is -2.13. The summed E-state index contributed by atoms with van der Waals surface area (Å²) in [6.45, 7) is 0. The van der Waals surface area contributed by atoms with Crippen LogP contribution in [0.1, 0.15) is 26.3 Å². The van der Waals surface area contributed by atoms with E-state index in [4.69, 9.17) is 5.41 Å². The Labute approximate surface area is 136 Å². The molecule has 0 fully saturated rings. The Morgan fingerprint density at radius 3 is 2.38 bits per heavy atom. The quantitative estimate of drug-likeness (QED) is 0.688. The van der Waals surface area contributed by atoms with E-state index in [-0.39, 0.29) is 22.2 Å². The molecule has 1 N–H and O–H groups in total. The number of rotatable bonds is 1. The van der Waals surface area contributed by atoms with Gasteiger partial charge in [-0.25, -0.2) is 4.90 Å². The summed E-state index contributed by atoms with van der Waals surface area (Å²) >= 11 is 0. The highest BCUT2D eigenvalue weighted by Crippen LogP contribution is 2.31. The molecule has 0 saturated heterocycles. The van der Waals surface area contributed by atoms with E-state index in [2.05, 4.69) is 0 Å². The average Bonchev–Trinajstić information content (AvgIpc) is 3.08. The number of nitriles is 1. The standard InChI is InChI=1S/C17H11N5O2/c1-20-7-8-21-14(19)11(9-18)12-13(15(20)21)17(24)22(16(12)23)10-5-3-2-4-6-10/h2-8,19H,1H3. The number of para-hydroxylation sites is 1. The van der Waals surface area contributed by atoms with Crippen molar-refractivity contribution in [1.82, 2.24) is 8.97 Å². The van der Waals surface area contributed by atoms with Crippen LogP contribution in [-0.4, -0.2) is 20.8 Å². The number of carbonyl (C=O) groups is 2. The number of aromatic nitrogens is 2. The fourth-order valence-corrected chi connectivity index (χ4v) is 3.08. The van der Waals surface area contributed by atoms with Gasteiger partial charge < -0.3 is 4.57 Å². The molecule has 0 radical (unpaired) electrons. The first-order chi connectivity index (χ1) is 11.6. The minimum absolute atomic E-state index is 0.00171. The molecule has 0 atom stereocenters. The van der Waals surface area contributed by atoms with Gasteiger partial charge in [0.15, 0.2) is 0 Å². The van der Waals surface area contributed by atoms with Crippen LogP contribution in [0.15, 0.2) is 42.7 Å². The van der Waals surface area contributed by atoms with E-state index in [1.165, 1.54) is 4.40 Å². The number of amides is 2. The molecule has 1 aliphatic rings. The first-order valence-corrected chi connectivity index (χ1v) is 7.18. The number of carbonyl (C=O) groups excluding carboxylic acids is 2. The van der Waals surface area contributed by atoms with Crippen molar-refractivity contribution in [3.8, 4) is 6.07 Å². The van der Waals surface area contributed by atoms with Gasteiger partial charge in [-0.1, -0.05) is 18.2 Å². The van der Waals surface area contributed by atoms with E-state index in [1.54, 1.807) is 54.3 Å². The van der Waals surface area contributed by atoms with Crippen LogP contribution in [0.4, 0.5) is 5.69 Å². The molecule has 2 amide bonds. The molecular formula is C17H11N5O2. The molecule has 0 bridgehead atoms. The molecule has 0 aliphatic carbocycles. The maximum Gasteiger partial charge on any atom is 0.269 e. The van der Waals surface area contributed by atoms with Crippen molar-refractivity contribution in [2.45, 2.75) is 0 Å². The lowest BCUT2D eigenvalue weighted by molar-refractivity contribution is 0.0926. The second-order valence-corrected chi connectivity index (χ2v) is 5.47. The van der Waals surface area contributed by atoms with Crippen LogP contribution < -0.4 is 10.4 Å². The first kappa shape index (κ1) is 14.0. The van der Waals surface area contributed by atoms with Crippen LogP contribution in [-0.2, 0) is 7.05 Å². The molecule has 24 heavy (non-hydrogen) atoms. The van der Waals surface area contributed by atoms with Crippen molar-refractivity contribution < 1.29 is 9.59 Å². The van der Waals surface area contributed by atoms with Gasteiger partial charge in [-0.2, -0.15) is 5.26 Å². The predicted molar refractivity (Wildman–Crippen MR) is 84.5 cm³/mol. The number of imidazole rings is 1. The van der Waals surface area contributed by atoms with Crippen molar-refractivity contribution >= 4 is 23.1 Å². The molecule has 1 aliphatic heterocycles. The predicted octanol–water partition coefficient (Wildman–Crippen LogP) is 1.43. The van der Waals surface area contributed by atoms with Gasteiger partial charge in [-0.3, -0.25) is 19.4 Å². The van der Waals surface area contributed by atoms with Gasteiger partial charge in [0, 0.05) is 19.4 Å². The van der Waals surface area contributed by atoms with Crippen molar-refractivity contribution in [3.05, 3.63) is 64.9 Å². The largest absolute Gasteiger partial charge is 0.335 e. The zero-order valence-corrected chi connectivity index (χ0v) is 12.6. The number of benzene rings is 1. The summed E-state index contributed by atoms with van der Waals surface area (Å²) in [4.78, 5) is 26.9. The van der Waals surface area contributed by atoms with Gasteiger partial charge in [0.2, 0.25) is 0 Å². The van der Waals surface area contributed by atoms with Gasteiger partial charge in [-0.15, -0.1) is 0 Å². The fourth-order valence-electron chi connectivity index (χ4n) is 3.08. The second kappa shape index (κ2) is 4.67. The number of anilines is 1. The number of imide groups is 1. The smallest absolute Gasteiger partial charge is 0.269 e. The summed E-state index contributed by atoms with van der Waals surface area (Å²) < 4.78 is 3.11. The van der Waals surface area contributed by atoms with Crippen LogP contribution in [0.5, 0.6) is 0 Å². The summed E-state index contributed by atoms with van der Waals surface area (Å²) in [7, 11) is 1.73. The second-order valence-electron chi connectivity index (χ2n) is 5.47. The summed E-state index contributed by atoms with van der Waals surface area (Å²) in [5, 5.41) is 17.6. The number of nitrogens with one attached hydrogen (secondary N) is 1. The Kier molecular flexibility index (Phi) is 2.71. The number of pyridine rings is 1. The molecule has 0 unspecified atom stereocenters. The van der Waals surface area contributed by atoms with Gasteiger partial charge in [-0.05, 0) is 12.1 Å². The summed E-state index contributed by atoms with van der Waals surface area (Å²) in [6, 6.07) is 10.5. The van der Waals surface area contributed by atoms with E-state index < -0.39 is 11.8 Å². The first-order valence-electron chi connectivity index (χ1n) is 7.18. The Bertz CT molecular complexity index is 1130. The van der Waals surface area contributed by atoms with Crippen molar-refractivity contribution in [2.75, 3.05) is 4.90 Å². The highest BCUT2D eigenvalue weighted by atomic mass is 16.2. The number of aryl methyl sites for hydroxylation is 1. The fraction of sp³-hybridized carbons (Fsp3) is 0.0588. The molecule has 1 aromatic carbocycles. The number of hydrogen-bond donors (Lipinski definition) is 1. The summed E-state index contributed by atoms with van der Waals surface area (Å²) in [6.07, 6.45) is 3.28. The third-order valence-electron chi connectivity index (χ3n) is 4.16. The van der Waals surface area contributed by atoms with E-state index >= 15 is 0 Å². The topological polar surface area (TPSA) is 94.4 Å². The lowest BCUT2D eigenvalue weighted by atomic mass is 10.1. The minimum Gasteiger partial charge on any atom is -0.335 e. The Balaban J connectivity index is 2.13. The summed E-state index contributed by atoms with van der Waals surface area (Å²) in [5.74, 6) is -1.06. The Morgan fingerprint density at radius 1 is 1.04 bits per heavy atom. The van der Waals surface area contributed by atoms with E-state index in [1.807, 2.05) is 6.07 Å². The van der Waals surface area contributed by atoms with Gasteiger partial charge >= 0.3 is 0 Å². The number of fused-ring (bicyclic) bond motifs is 3. The molecular weight excluding hydrogens is 306 g/mol. The maximum absolute atomic E-state index is 13.0. The van der Waals surface area contributed by atoms with Gasteiger partial charge in [0.1, 0.15) is 22.8 Å². The highest BCUT2D eigenvalue weighted by molar-refractivity contribution is 6.36. The Hall–Kier alpha value is -3.66.